The largest absolute Gasteiger partial charge is 0.392 e. The minimum atomic E-state index is -0.275. The van der Waals surface area contributed by atoms with Crippen LogP contribution in [0.3, 0.4) is 0 Å². The van der Waals surface area contributed by atoms with Gasteiger partial charge in [0.1, 0.15) is 5.15 Å². The molecule has 1 N–H and O–H groups in total. The first-order chi connectivity index (χ1) is 8.59. The van der Waals surface area contributed by atoms with E-state index in [4.69, 9.17) is 11.6 Å². The van der Waals surface area contributed by atoms with Gasteiger partial charge in [0.15, 0.2) is 0 Å². The minimum absolute atomic E-state index is 0.275. The summed E-state index contributed by atoms with van der Waals surface area (Å²) in [5, 5.41) is 15.4. The molecule has 1 aromatic heterocycles. The molecule has 1 unspecified atom stereocenters. The number of halogens is 1. The molecule has 0 aliphatic heterocycles. The van der Waals surface area contributed by atoms with Crippen molar-refractivity contribution >= 4 is 11.6 Å². The van der Waals surface area contributed by atoms with Gasteiger partial charge in [0.2, 0.25) is 0 Å². The van der Waals surface area contributed by atoms with Gasteiger partial charge in [-0.25, -0.2) is 0 Å². The van der Waals surface area contributed by atoms with Gasteiger partial charge in [-0.15, -0.1) is 0 Å². The summed E-state index contributed by atoms with van der Waals surface area (Å²) >= 11 is 6.22. The molecule has 0 spiro atoms. The maximum Gasteiger partial charge on any atom is 0.130 e. The highest BCUT2D eigenvalue weighted by molar-refractivity contribution is 6.30. The van der Waals surface area contributed by atoms with E-state index in [0.717, 1.165) is 24.1 Å². The van der Waals surface area contributed by atoms with Gasteiger partial charge >= 0.3 is 0 Å². The summed E-state index contributed by atoms with van der Waals surface area (Å²) in [6, 6.07) is 0. The lowest BCUT2D eigenvalue weighted by Gasteiger charge is -2.21. The number of nitrogens with zero attached hydrogens (tertiary/aromatic N) is 2. The van der Waals surface area contributed by atoms with E-state index in [-0.39, 0.29) is 6.10 Å². The Labute approximate surface area is 114 Å². The van der Waals surface area contributed by atoms with Crippen LogP contribution in [0.25, 0.3) is 0 Å². The molecule has 3 nitrogen and oxygen atoms in total. The van der Waals surface area contributed by atoms with E-state index in [9.17, 15) is 5.11 Å². The lowest BCUT2D eigenvalue weighted by atomic mass is 9.90. The zero-order valence-corrected chi connectivity index (χ0v) is 12.1. The molecular formula is C14H23ClN2O. The van der Waals surface area contributed by atoms with E-state index in [2.05, 4.69) is 5.10 Å². The monoisotopic (exact) mass is 270 g/mol. The Balaban J connectivity index is 2.03. The fourth-order valence-corrected chi connectivity index (χ4v) is 3.23. The summed E-state index contributed by atoms with van der Waals surface area (Å²) in [6.07, 6.45) is 7.80. The molecule has 102 valence electrons. The summed E-state index contributed by atoms with van der Waals surface area (Å²) in [4.78, 5) is 0. The first kappa shape index (κ1) is 13.9. The summed E-state index contributed by atoms with van der Waals surface area (Å²) in [5.74, 6) is 0.433. The van der Waals surface area contributed by atoms with Crippen molar-refractivity contribution < 1.29 is 5.11 Å². The molecule has 1 aromatic rings. The molecule has 18 heavy (non-hydrogen) atoms. The number of aliphatic hydroxyl groups excluding tert-OH is 1. The standard InChI is InChI=1S/C14H23ClN2O/c1-10-12(14(15)17(2)16-10)9-13(18)11-7-5-3-4-6-8-11/h11,13,18H,3-9H2,1-2H3. The molecule has 4 heteroatoms. The van der Waals surface area contributed by atoms with Crippen LogP contribution in [0.1, 0.15) is 49.8 Å². The van der Waals surface area contributed by atoms with Gasteiger partial charge < -0.3 is 5.11 Å². The SMILES string of the molecule is Cc1nn(C)c(Cl)c1CC(O)C1CCCCCC1. The third kappa shape index (κ3) is 3.07. The van der Waals surface area contributed by atoms with Crippen molar-refractivity contribution in [3.05, 3.63) is 16.4 Å². The first-order valence-electron chi connectivity index (χ1n) is 6.95. The Morgan fingerprint density at radius 2 is 1.94 bits per heavy atom. The van der Waals surface area contributed by atoms with E-state index in [1.165, 1.54) is 25.7 Å². The van der Waals surface area contributed by atoms with Crippen molar-refractivity contribution in [2.24, 2.45) is 13.0 Å². The van der Waals surface area contributed by atoms with Crippen LogP contribution in [0.4, 0.5) is 0 Å². The van der Waals surface area contributed by atoms with Crippen LogP contribution in [0.5, 0.6) is 0 Å². The van der Waals surface area contributed by atoms with Gasteiger partial charge in [-0.05, 0) is 25.7 Å². The van der Waals surface area contributed by atoms with Gasteiger partial charge in [0.05, 0.1) is 11.8 Å². The first-order valence-corrected chi connectivity index (χ1v) is 7.33. The van der Waals surface area contributed by atoms with Crippen LogP contribution in [0, 0.1) is 12.8 Å². The van der Waals surface area contributed by atoms with Crippen molar-refractivity contribution in [2.75, 3.05) is 0 Å². The topological polar surface area (TPSA) is 38.0 Å². The number of hydrogen-bond donors (Lipinski definition) is 1. The number of aryl methyl sites for hydroxylation is 2. The molecule has 1 fully saturated rings. The lowest BCUT2D eigenvalue weighted by molar-refractivity contribution is 0.0985. The predicted octanol–water partition coefficient (Wildman–Crippen LogP) is 3.26. The minimum Gasteiger partial charge on any atom is -0.392 e. The molecule has 1 heterocycles. The maximum absolute atomic E-state index is 10.4. The zero-order chi connectivity index (χ0) is 13.1. The third-order valence-corrected chi connectivity index (χ3v) is 4.60. The van der Waals surface area contributed by atoms with E-state index in [1.807, 2.05) is 14.0 Å². The molecule has 1 aliphatic carbocycles. The highest BCUT2D eigenvalue weighted by Gasteiger charge is 2.23. The van der Waals surface area contributed by atoms with E-state index in [1.54, 1.807) is 4.68 Å². The smallest absolute Gasteiger partial charge is 0.130 e. The summed E-state index contributed by atoms with van der Waals surface area (Å²) in [6.45, 7) is 1.96. The number of hydrogen-bond acceptors (Lipinski definition) is 2. The predicted molar refractivity (Wildman–Crippen MR) is 73.9 cm³/mol. The van der Waals surface area contributed by atoms with Crippen molar-refractivity contribution in [3.63, 3.8) is 0 Å². The second-order valence-corrected chi connectivity index (χ2v) is 5.86. The lowest BCUT2D eigenvalue weighted by Crippen LogP contribution is -2.22. The Hall–Kier alpha value is -0.540. The Morgan fingerprint density at radius 3 is 2.44 bits per heavy atom. The average Bonchev–Trinajstić information content (AvgIpc) is 2.58. The molecule has 1 aliphatic rings. The highest BCUT2D eigenvalue weighted by Crippen LogP contribution is 2.29. The van der Waals surface area contributed by atoms with Crippen molar-refractivity contribution in [1.29, 1.82) is 0 Å². The summed E-state index contributed by atoms with van der Waals surface area (Å²) in [5.41, 5.74) is 1.95. The normalized spacial score (nSPS) is 19.8. The zero-order valence-electron chi connectivity index (χ0n) is 11.3. The number of rotatable bonds is 3. The molecule has 0 aromatic carbocycles. The van der Waals surface area contributed by atoms with Gasteiger partial charge in [-0.3, -0.25) is 4.68 Å². The van der Waals surface area contributed by atoms with Crippen LogP contribution >= 0.6 is 11.6 Å². The molecular weight excluding hydrogens is 248 g/mol. The Bertz CT molecular complexity index is 395. The second-order valence-electron chi connectivity index (χ2n) is 5.50. The summed E-state index contributed by atoms with van der Waals surface area (Å²) < 4.78 is 1.69. The van der Waals surface area contributed by atoms with Gasteiger partial charge in [0.25, 0.3) is 0 Å². The average molecular weight is 271 g/mol. The van der Waals surface area contributed by atoms with E-state index >= 15 is 0 Å². The van der Waals surface area contributed by atoms with E-state index in [0.29, 0.717) is 17.5 Å². The fourth-order valence-electron chi connectivity index (χ4n) is 2.98. The van der Waals surface area contributed by atoms with Crippen LogP contribution in [-0.2, 0) is 13.5 Å². The Morgan fingerprint density at radius 1 is 1.33 bits per heavy atom. The van der Waals surface area contributed by atoms with Crippen molar-refractivity contribution in [1.82, 2.24) is 9.78 Å². The highest BCUT2D eigenvalue weighted by atomic mass is 35.5. The fraction of sp³-hybridized carbons (Fsp3) is 0.786. The van der Waals surface area contributed by atoms with Crippen molar-refractivity contribution in [3.8, 4) is 0 Å². The van der Waals surface area contributed by atoms with Gasteiger partial charge in [-0.1, -0.05) is 37.3 Å². The molecule has 0 bridgehead atoms. The number of aromatic nitrogens is 2. The number of aliphatic hydroxyl groups is 1. The summed E-state index contributed by atoms with van der Waals surface area (Å²) in [7, 11) is 1.84. The molecule has 0 saturated heterocycles. The molecule has 0 amide bonds. The molecule has 1 atom stereocenters. The second kappa shape index (κ2) is 6.07. The molecule has 2 rings (SSSR count). The van der Waals surface area contributed by atoms with Crippen LogP contribution in [0.2, 0.25) is 5.15 Å². The van der Waals surface area contributed by atoms with Crippen molar-refractivity contribution in [2.45, 2.75) is 58.0 Å². The maximum atomic E-state index is 10.4. The Kier molecular flexibility index (Phi) is 4.68. The van der Waals surface area contributed by atoms with Crippen LogP contribution in [-0.4, -0.2) is 21.0 Å². The third-order valence-electron chi connectivity index (χ3n) is 4.13. The van der Waals surface area contributed by atoms with E-state index < -0.39 is 0 Å². The molecule has 0 radical (unpaired) electrons. The van der Waals surface area contributed by atoms with Gasteiger partial charge in [0, 0.05) is 19.0 Å². The van der Waals surface area contributed by atoms with Crippen LogP contribution < -0.4 is 0 Å². The van der Waals surface area contributed by atoms with Gasteiger partial charge in [-0.2, -0.15) is 5.10 Å². The quantitative estimate of drug-likeness (QED) is 0.856. The van der Waals surface area contributed by atoms with Crippen LogP contribution in [0.15, 0.2) is 0 Å². The molecule has 1 saturated carbocycles.